The molecule has 0 bridgehead atoms. The molecule has 0 N–H and O–H groups in total. The van der Waals surface area contributed by atoms with Crippen molar-refractivity contribution in [1.29, 1.82) is 0 Å². The predicted molar refractivity (Wildman–Crippen MR) is 135 cm³/mol. The second-order valence-electron chi connectivity index (χ2n) is 10.8. The number of aryl methyl sites for hydroxylation is 1. The van der Waals surface area contributed by atoms with Gasteiger partial charge in [-0.1, -0.05) is 42.5 Å². The number of nitrogens with zero attached hydrogens (tertiary/aromatic N) is 4. The van der Waals surface area contributed by atoms with Crippen molar-refractivity contribution in [2.24, 2.45) is 16.8 Å². The Morgan fingerprint density at radius 3 is 2.42 bits per heavy atom. The van der Waals surface area contributed by atoms with Gasteiger partial charge in [0.15, 0.2) is 5.82 Å². The summed E-state index contributed by atoms with van der Waals surface area (Å²) in [6.07, 6.45) is 3.60. The summed E-state index contributed by atoms with van der Waals surface area (Å²) in [4.78, 5) is 38.5. The number of pyridine rings is 1. The third-order valence-electron chi connectivity index (χ3n) is 7.97. The van der Waals surface area contributed by atoms with Crippen molar-refractivity contribution in [3.05, 3.63) is 65.6 Å². The van der Waals surface area contributed by atoms with Crippen LogP contribution in [0.2, 0.25) is 0 Å². The molecule has 1 saturated heterocycles. The Balaban J connectivity index is 1.13. The molecule has 2 amide bonds. The summed E-state index contributed by atoms with van der Waals surface area (Å²) in [5.41, 5.74) is 2.68. The van der Waals surface area contributed by atoms with Crippen LogP contribution in [0.1, 0.15) is 36.9 Å². The Labute approximate surface area is 208 Å². The summed E-state index contributed by atoms with van der Waals surface area (Å²) in [6.45, 7) is 3.87. The molecule has 3 fully saturated rings. The number of aromatic nitrogens is 1. The molecular weight excluding hydrogens is 455 g/mol. The van der Waals surface area contributed by atoms with Crippen LogP contribution in [0.4, 0.5) is 4.39 Å². The van der Waals surface area contributed by atoms with Crippen LogP contribution in [0, 0.1) is 24.6 Å². The lowest BCUT2D eigenvalue weighted by Crippen LogP contribution is -2.55. The van der Waals surface area contributed by atoms with Gasteiger partial charge in [0.2, 0.25) is 5.91 Å². The summed E-state index contributed by atoms with van der Waals surface area (Å²) in [5, 5.41) is 0.774. The van der Waals surface area contributed by atoms with E-state index in [-0.39, 0.29) is 29.5 Å². The smallest absolute Gasteiger partial charge is 0.256 e. The van der Waals surface area contributed by atoms with Crippen LogP contribution >= 0.6 is 0 Å². The van der Waals surface area contributed by atoms with Crippen LogP contribution in [-0.2, 0) is 9.59 Å². The van der Waals surface area contributed by atoms with Crippen molar-refractivity contribution in [2.45, 2.75) is 38.1 Å². The van der Waals surface area contributed by atoms with Gasteiger partial charge in [0.05, 0.1) is 0 Å². The fourth-order valence-corrected chi connectivity index (χ4v) is 5.48. The molecular formula is C29H27FN4O2. The third kappa shape index (κ3) is 3.44. The van der Waals surface area contributed by atoms with Gasteiger partial charge >= 0.3 is 0 Å². The van der Waals surface area contributed by atoms with Crippen LogP contribution < -0.4 is 0 Å². The van der Waals surface area contributed by atoms with Crippen molar-refractivity contribution >= 4 is 28.6 Å². The predicted octanol–water partition coefficient (Wildman–Crippen LogP) is 4.34. The van der Waals surface area contributed by atoms with E-state index in [4.69, 9.17) is 4.99 Å². The number of amides is 2. The lowest BCUT2D eigenvalue weighted by atomic mass is 9.97. The summed E-state index contributed by atoms with van der Waals surface area (Å²) >= 11 is 0. The molecule has 0 atom stereocenters. The van der Waals surface area contributed by atoms with Crippen molar-refractivity contribution < 1.29 is 14.0 Å². The maximum absolute atomic E-state index is 15.3. The van der Waals surface area contributed by atoms with Crippen LogP contribution in [-0.4, -0.2) is 57.6 Å². The van der Waals surface area contributed by atoms with Crippen molar-refractivity contribution in [2.75, 3.05) is 19.6 Å². The van der Waals surface area contributed by atoms with Crippen LogP contribution in [0.25, 0.3) is 22.0 Å². The number of fused-ring (bicyclic) bond motifs is 1. The van der Waals surface area contributed by atoms with E-state index in [2.05, 4.69) is 4.98 Å². The number of benzene rings is 2. The minimum atomic E-state index is -0.588. The molecule has 182 valence electrons. The highest BCUT2D eigenvalue weighted by atomic mass is 19.1. The molecule has 2 aliphatic heterocycles. The standard InChI is InChI=1S/C29H27FN4O2/c1-17-2-3-20-10-11-23(24(30)25(20)31-17)19-4-6-21(7-5-19)26-32-29(12-13-29)28(36)34(26)16-18-14-33(15-18)27(35)22-8-9-22/h2-7,10-11,18,22H,8-9,12-16H2,1H3. The molecule has 7 heteroatoms. The highest BCUT2D eigenvalue weighted by Gasteiger charge is 2.57. The molecule has 2 aromatic carbocycles. The second kappa shape index (κ2) is 7.69. The molecule has 1 spiro atoms. The summed E-state index contributed by atoms with van der Waals surface area (Å²) in [5.74, 6) is 1.23. The molecule has 36 heavy (non-hydrogen) atoms. The lowest BCUT2D eigenvalue weighted by molar-refractivity contribution is -0.139. The second-order valence-corrected chi connectivity index (χ2v) is 10.8. The average Bonchev–Trinajstić information content (AvgIpc) is 3.77. The topological polar surface area (TPSA) is 65.9 Å². The molecule has 4 aliphatic rings. The molecule has 2 aliphatic carbocycles. The number of aliphatic imine (C=N–C) groups is 1. The number of hydrogen-bond donors (Lipinski definition) is 0. The van der Waals surface area contributed by atoms with Crippen LogP contribution in [0.15, 0.2) is 53.5 Å². The Kier molecular flexibility index (Phi) is 4.63. The van der Waals surface area contributed by atoms with E-state index in [9.17, 15) is 9.59 Å². The quantitative estimate of drug-likeness (QED) is 0.544. The zero-order valence-corrected chi connectivity index (χ0v) is 20.2. The molecule has 0 unspecified atom stereocenters. The Hall–Kier alpha value is -3.61. The first kappa shape index (κ1) is 21.7. The van der Waals surface area contributed by atoms with Gasteiger partial charge in [-0.2, -0.15) is 0 Å². The van der Waals surface area contributed by atoms with E-state index >= 15 is 4.39 Å². The maximum atomic E-state index is 15.3. The van der Waals surface area contributed by atoms with Gasteiger partial charge < -0.3 is 4.90 Å². The van der Waals surface area contributed by atoms with Gasteiger partial charge in [0.1, 0.15) is 16.9 Å². The average molecular weight is 483 g/mol. The number of carbonyl (C=O) groups excluding carboxylic acids is 2. The zero-order chi connectivity index (χ0) is 24.6. The monoisotopic (exact) mass is 482 g/mol. The van der Waals surface area contributed by atoms with Crippen molar-refractivity contribution in [3.8, 4) is 11.1 Å². The highest BCUT2D eigenvalue weighted by Crippen LogP contribution is 2.46. The largest absolute Gasteiger partial charge is 0.342 e. The fraction of sp³-hybridized carbons (Fsp3) is 0.379. The molecule has 6 nitrogen and oxygen atoms in total. The van der Waals surface area contributed by atoms with Gasteiger partial charge in [-0.05, 0) is 44.2 Å². The summed E-state index contributed by atoms with van der Waals surface area (Å²) in [6, 6.07) is 15.1. The summed E-state index contributed by atoms with van der Waals surface area (Å²) < 4.78 is 15.3. The Morgan fingerprint density at radius 2 is 1.72 bits per heavy atom. The fourth-order valence-electron chi connectivity index (χ4n) is 5.48. The van der Waals surface area contributed by atoms with Crippen molar-refractivity contribution in [3.63, 3.8) is 0 Å². The van der Waals surface area contributed by atoms with Gasteiger partial charge in [-0.3, -0.25) is 24.5 Å². The molecule has 3 aromatic rings. The molecule has 3 heterocycles. The van der Waals surface area contributed by atoms with E-state index in [0.717, 1.165) is 47.9 Å². The van der Waals surface area contributed by atoms with E-state index in [1.807, 2.05) is 59.2 Å². The van der Waals surface area contributed by atoms with Gasteiger partial charge in [-0.25, -0.2) is 4.39 Å². The number of amidine groups is 1. The highest BCUT2D eigenvalue weighted by molar-refractivity contribution is 6.16. The number of halogens is 1. The van der Waals surface area contributed by atoms with Gasteiger partial charge in [0, 0.05) is 53.7 Å². The number of likely N-dealkylation sites (tertiary alicyclic amines) is 1. The van der Waals surface area contributed by atoms with Gasteiger partial charge in [-0.15, -0.1) is 0 Å². The minimum absolute atomic E-state index is 0.0792. The van der Waals surface area contributed by atoms with Crippen molar-refractivity contribution in [1.82, 2.24) is 14.8 Å². The molecule has 1 aromatic heterocycles. The first-order chi connectivity index (χ1) is 17.4. The lowest BCUT2D eigenvalue weighted by Gasteiger charge is -2.41. The minimum Gasteiger partial charge on any atom is -0.342 e. The number of rotatable bonds is 5. The SMILES string of the molecule is Cc1ccc2ccc(-c3ccc(C4=NC5(CC5)C(=O)N4CC4CN(C(=O)C5CC5)C4)cc3)c(F)c2n1. The van der Waals surface area contributed by atoms with Crippen LogP contribution in [0.5, 0.6) is 0 Å². The zero-order valence-electron chi connectivity index (χ0n) is 20.2. The van der Waals surface area contributed by atoms with E-state index in [0.29, 0.717) is 36.6 Å². The molecule has 2 saturated carbocycles. The molecule has 7 rings (SSSR count). The maximum Gasteiger partial charge on any atom is 0.256 e. The third-order valence-corrected chi connectivity index (χ3v) is 7.97. The number of hydrogen-bond acceptors (Lipinski definition) is 4. The Morgan fingerprint density at radius 1 is 1.03 bits per heavy atom. The number of carbonyl (C=O) groups is 2. The molecule has 0 radical (unpaired) electrons. The normalized spacial score (nSPS) is 20.7. The first-order valence-corrected chi connectivity index (χ1v) is 12.8. The summed E-state index contributed by atoms with van der Waals surface area (Å²) in [7, 11) is 0. The Bertz CT molecular complexity index is 1450. The van der Waals surface area contributed by atoms with E-state index in [1.165, 1.54) is 0 Å². The van der Waals surface area contributed by atoms with Gasteiger partial charge in [0.25, 0.3) is 5.91 Å². The van der Waals surface area contributed by atoms with E-state index < -0.39 is 5.54 Å². The first-order valence-electron chi connectivity index (χ1n) is 12.8. The van der Waals surface area contributed by atoms with E-state index in [1.54, 1.807) is 6.07 Å². The van der Waals surface area contributed by atoms with Crippen LogP contribution in [0.3, 0.4) is 0 Å².